The summed E-state index contributed by atoms with van der Waals surface area (Å²) in [7, 11) is -1.66. The van der Waals surface area contributed by atoms with Gasteiger partial charge in [-0.05, 0) is 78.8 Å². The molecular weight excluding hydrogens is 370 g/mol. The highest BCUT2D eigenvalue weighted by Gasteiger charge is 2.57. The molecule has 0 unspecified atom stereocenters. The molecule has 4 aliphatic carbocycles. The summed E-state index contributed by atoms with van der Waals surface area (Å²) in [4.78, 5) is 3.10. The molecule has 4 nitrogen and oxygen atoms in total. The average molecular weight is 402 g/mol. The first-order chi connectivity index (χ1) is 13.2. The Morgan fingerprint density at radius 1 is 1.21 bits per heavy atom. The fraction of sp³-hybridized carbons (Fsp3) is 0.696. The van der Waals surface area contributed by atoms with Crippen molar-refractivity contribution in [3.63, 3.8) is 0 Å². The Balaban J connectivity index is 1.66. The highest BCUT2D eigenvalue weighted by Crippen LogP contribution is 2.65. The van der Waals surface area contributed by atoms with Crippen LogP contribution >= 0.6 is 0 Å². The molecule has 0 aromatic rings. The van der Waals surface area contributed by atoms with Crippen molar-refractivity contribution in [2.24, 2.45) is 28.6 Å². The Labute approximate surface area is 169 Å². The molecule has 0 aromatic heterocycles. The minimum atomic E-state index is -3.42. The van der Waals surface area contributed by atoms with Gasteiger partial charge in [0.1, 0.15) is 0 Å². The van der Waals surface area contributed by atoms with Crippen LogP contribution in [0.5, 0.6) is 0 Å². The monoisotopic (exact) mass is 401 g/mol. The van der Waals surface area contributed by atoms with Crippen molar-refractivity contribution in [2.45, 2.75) is 58.8 Å². The number of sulfone groups is 1. The maximum absolute atomic E-state index is 12.3. The largest absolute Gasteiger partial charge is 0.501 e. The average Bonchev–Trinajstić information content (AvgIpc) is 2.97. The highest BCUT2D eigenvalue weighted by atomic mass is 32.2. The SMILES string of the molecule is [C-]#[N+]CS(=O)(=O)C=C1CC[C@H]2[C@@H]3CC=C4C=C(OC)CC[C@]4(C)[C@H]3CC[C@]12C. The molecule has 4 aliphatic rings. The van der Waals surface area contributed by atoms with Crippen LogP contribution in [-0.4, -0.2) is 21.4 Å². The summed E-state index contributed by atoms with van der Waals surface area (Å²) in [5.74, 6) is 2.50. The van der Waals surface area contributed by atoms with Crippen molar-refractivity contribution < 1.29 is 13.2 Å². The number of ether oxygens (including phenoxy) is 1. The number of hydrogen-bond acceptors (Lipinski definition) is 3. The predicted molar refractivity (Wildman–Crippen MR) is 111 cm³/mol. The molecule has 0 aliphatic heterocycles. The van der Waals surface area contributed by atoms with Crippen LogP contribution in [0.2, 0.25) is 0 Å². The normalized spacial score (nSPS) is 41.2. The number of hydrogen-bond donors (Lipinski definition) is 0. The minimum Gasteiger partial charge on any atom is -0.501 e. The third-order valence-corrected chi connectivity index (χ3v) is 9.54. The van der Waals surface area contributed by atoms with Gasteiger partial charge in [-0.2, -0.15) is 0 Å². The second kappa shape index (κ2) is 6.76. The lowest BCUT2D eigenvalue weighted by molar-refractivity contribution is -0.00824. The Kier molecular flexibility index (Phi) is 4.77. The number of allylic oxidation sites excluding steroid dienone is 5. The molecule has 5 heteroatoms. The van der Waals surface area contributed by atoms with E-state index in [1.54, 1.807) is 7.11 Å². The van der Waals surface area contributed by atoms with E-state index in [2.05, 4.69) is 30.8 Å². The van der Waals surface area contributed by atoms with Crippen LogP contribution in [0.1, 0.15) is 58.8 Å². The van der Waals surface area contributed by atoms with Gasteiger partial charge in [-0.15, -0.1) is 0 Å². The first kappa shape index (κ1) is 19.8. The van der Waals surface area contributed by atoms with Gasteiger partial charge in [0.05, 0.1) is 12.9 Å². The lowest BCUT2D eigenvalue weighted by Gasteiger charge is -2.56. The molecule has 0 N–H and O–H groups in total. The summed E-state index contributed by atoms with van der Waals surface area (Å²) in [6, 6.07) is 0. The maximum atomic E-state index is 12.3. The first-order valence-corrected chi connectivity index (χ1v) is 12.2. The zero-order valence-corrected chi connectivity index (χ0v) is 18.0. The second-order valence-electron chi connectivity index (χ2n) is 9.59. The maximum Gasteiger partial charge on any atom is 0.315 e. The van der Waals surface area contributed by atoms with Gasteiger partial charge in [0.15, 0.2) is 0 Å². The number of fused-ring (bicyclic) bond motifs is 5. The lowest BCUT2D eigenvalue weighted by Crippen LogP contribution is -2.48. The third-order valence-electron chi connectivity index (χ3n) is 8.41. The van der Waals surface area contributed by atoms with Crippen molar-refractivity contribution in [1.82, 2.24) is 0 Å². The fourth-order valence-electron chi connectivity index (χ4n) is 6.85. The van der Waals surface area contributed by atoms with Gasteiger partial charge < -0.3 is 4.74 Å². The molecular formula is C23H31NO3S. The van der Waals surface area contributed by atoms with Crippen molar-refractivity contribution in [1.29, 1.82) is 0 Å². The Morgan fingerprint density at radius 2 is 1.96 bits per heavy atom. The van der Waals surface area contributed by atoms with Gasteiger partial charge in [0.2, 0.25) is 9.84 Å². The van der Waals surface area contributed by atoms with E-state index < -0.39 is 15.7 Å². The number of nitrogens with zero attached hydrogens (tertiary/aromatic N) is 1. The molecule has 28 heavy (non-hydrogen) atoms. The second-order valence-corrected chi connectivity index (χ2v) is 11.4. The summed E-state index contributed by atoms with van der Waals surface area (Å²) in [5.41, 5.74) is 2.72. The van der Waals surface area contributed by atoms with Crippen LogP contribution in [0.4, 0.5) is 0 Å². The zero-order chi connectivity index (χ0) is 20.2. The molecule has 4 rings (SSSR count). The summed E-state index contributed by atoms with van der Waals surface area (Å²) in [5, 5.41) is 1.46. The van der Waals surface area contributed by atoms with Crippen molar-refractivity contribution in [3.8, 4) is 0 Å². The van der Waals surface area contributed by atoms with Crippen LogP contribution in [0.25, 0.3) is 4.85 Å². The minimum absolute atomic E-state index is 0.0276. The van der Waals surface area contributed by atoms with E-state index in [0.717, 1.165) is 56.3 Å². The molecule has 0 saturated heterocycles. The smallest absolute Gasteiger partial charge is 0.315 e. The Hall–Kier alpha value is -1.54. The van der Waals surface area contributed by atoms with Crippen LogP contribution < -0.4 is 0 Å². The summed E-state index contributed by atoms with van der Waals surface area (Å²) >= 11 is 0. The molecule has 0 aromatic carbocycles. The van der Waals surface area contributed by atoms with E-state index in [4.69, 9.17) is 11.3 Å². The predicted octanol–water partition coefficient (Wildman–Crippen LogP) is 5.26. The van der Waals surface area contributed by atoms with Crippen molar-refractivity contribution in [2.75, 3.05) is 13.0 Å². The van der Waals surface area contributed by atoms with Crippen LogP contribution in [0.3, 0.4) is 0 Å². The van der Waals surface area contributed by atoms with Crippen molar-refractivity contribution >= 4 is 9.84 Å². The van der Waals surface area contributed by atoms with Gasteiger partial charge in [0.25, 0.3) is 0 Å². The molecule has 0 bridgehead atoms. The van der Waals surface area contributed by atoms with Gasteiger partial charge >= 0.3 is 5.88 Å². The van der Waals surface area contributed by atoms with Crippen LogP contribution in [0, 0.1) is 35.2 Å². The topological polar surface area (TPSA) is 47.7 Å². The van der Waals surface area contributed by atoms with Gasteiger partial charge in [-0.3, -0.25) is 4.85 Å². The van der Waals surface area contributed by atoms with Gasteiger partial charge in [-0.1, -0.05) is 25.5 Å². The van der Waals surface area contributed by atoms with E-state index >= 15 is 0 Å². The van der Waals surface area contributed by atoms with E-state index in [1.165, 1.54) is 11.0 Å². The highest BCUT2D eigenvalue weighted by molar-refractivity contribution is 7.94. The fourth-order valence-corrected chi connectivity index (χ4v) is 7.92. The van der Waals surface area contributed by atoms with E-state index in [1.807, 2.05) is 0 Å². The van der Waals surface area contributed by atoms with Crippen LogP contribution in [-0.2, 0) is 14.6 Å². The summed E-state index contributed by atoms with van der Waals surface area (Å²) in [6.45, 7) is 11.6. The Bertz CT molecular complexity index is 907. The summed E-state index contributed by atoms with van der Waals surface area (Å²) in [6.07, 6.45) is 12.1. The van der Waals surface area contributed by atoms with Gasteiger partial charge in [-0.25, -0.2) is 15.0 Å². The molecule has 0 heterocycles. The third kappa shape index (κ3) is 2.96. The molecule has 2 fully saturated rings. The summed E-state index contributed by atoms with van der Waals surface area (Å²) < 4.78 is 30.1. The van der Waals surface area contributed by atoms with E-state index in [9.17, 15) is 8.42 Å². The van der Waals surface area contributed by atoms with Gasteiger partial charge in [0, 0.05) is 11.8 Å². The molecule has 0 spiro atoms. The number of methoxy groups -OCH3 is 1. The molecule has 0 radical (unpaired) electrons. The molecule has 0 amide bonds. The Morgan fingerprint density at radius 3 is 2.68 bits per heavy atom. The first-order valence-electron chi connectivity index (χ1n) is 10.5. The van der Waals surface area contributed by atoms with E-state index in [-0.39, 0.29) is 10.8 Å². The zero-order valence-electron chi connectivity index (χ0n) is 17.2. The standard InChI is InChI=1S/C23H31NO3S/c1-22-11-9-18(27-4)13-16(22)5-7-19-20-8-6-17(14-28(25,26)15-24-3)23(20,2)12-10-21(19)22/h5,13-14,19-21H,6-12,15H2,1-2,4H3/t19-,20-,21-,22-,23+/m0/s1. The lowest BCUT2D eigenvalue weighted by atomic mass is 9.48. The van der Waals surface area contributed by atoms with Crippen molar-refractivity contribution in [3.05, 3.63) is 45.9 Å². The van der Waals surface area contributed by atoms with Crippen LogP contribution in [0.15, 0.2) is 34.5 Å². The molecule has 5 atom stereocenters. The number of rotatable bonds is 3. The quantitative estimate of drug-likeness (QED) is 0.606. The molecule has 2 saturated carbocycles. The molecule has 152 valence electrons. The van der Waals surface area contributed by atoms with E-state index in [0.29, 0.717) is 17.8 Å².